The first-order chi connectivity index (χ1) is 16.2. The van der Waals surface area contributed by atoms with E-state index in [0.29, 0.717) is 12.2 Å². The number of carboxylic acid groups (broad SMARTS) is 1. The van der Waals surface area contributed by atoms with Gasteiger partial charge >= 0.3 is 17.6 Å². The fraction of sp³-hybridized carbons (Fsp3) is 0.100. The first-order valence-corrected chi connectivity index (χ1v) is 9.76. The molecule has 2 heterocycles. The van der Waals surface area contributed by atoms with Crippen LogP contribution in [0.2, 0.25) is 0 Å². The molecule has 6 N–H and O–H groups in total. The van der Waals surface area contributed by atoms with Crippen LogP contribution in [0.3, 0.4) is 0 Å². The highest BCUT2D eigenvalue weighted by atomic mass is 35.5. The van der Waals surface area contributed by atoms with Crippen LogP contribution in [0.15, 0.2) is 50.9 Å². The summed E-state index contributed by atoms with van der Waals surface area (Å²) < 4.78 is 5.41. The molecule has 14 heteroatoms. The Labute approximate surface area is 194 Å². The Morgan fingerprint density at radius 2 is 1.97 bits per heavy atom. The number of hydrogen-bond acceptors (Lipinski definition) is 10. The number of aromatic nitrogens is 3. The maximum Gasteiger partial charge on any atom is 0.355 e. The van der Waals surface area contributed by atoms with Crippen LogP contribution in [0.25, 0.3) is 5.65 Å². The number of esters is 1. The van der Waals surface area contributed by atoms with Crippen molar-refractivity contribution in [1.82, 2.24) is 19.2 Å². The van der Waals surface area contributed by atoms with Crippen LogP contribution < -0.4 is 32.4 Å². The molecule has 176 valence electrons. The maximum atomic E-state index is 11.4. The van der Waals surface area contributed by atoms with Crippen molar-refractivity contribution in [1.29, 1.82) is 0 Å². The number of rotatable bonds is 6. The van der Waals surface area contributed by atoms with Gasteiger partial charge in [0.05, 0.1) is 7.11 Å². The van der Waals surface area contributed by atoms with Crippen LogP contribution in [-0.2, 0) is 11.3 Å². The summed E-state index contributed by atoms with van der Waals surface area (Å²) in [5, 5.41) is 11.6. The number of nitrogens with one attached hydrogen (secondary N) is 3. The second-order valence-electron chi connectivity index (χ2n) is 6.69. The van der Waals surface area contributed by atoms with Crippen molar-refractivity contribution in [2.24, 2.45) is 0 Å². The van der Waals surface area contributed by atoms with Crippen LogP contribution in [0, 0.1) is 0 Å². The maximum absolute atomic E-state index is 11.4. The molecule has 0 spiro atoms. The van der Waals surface area contributed by atoms with Gasteiger partial charge in [-0.05, 0) is 29.5 Å². The predicted octanol–water partition coefficient (Wildman–Crippen LogP) is 0.359. The van der Waals surface area contributed by atoms with Crippen molar-refractivity contribution in [3.8, 4) is 0 Å². The van der Waals surface area contributed by atoms with E-state index >= 15 is 0 Å². The molecule has 0 aliphatic heterocycles. The third-order valence-corrected chi connectivity index (χ3v) is 4.67. The van der Waals surface area contributed by atoms with Gasteiger partial charge in [0.25, 0.3) is 10.9 Å². The molecule has 0 aliphatic carbocycles. The van der Waals surface area contributed by atoms with Crippen LogP contribution in [-0.4, -0.2) is 38.5 Å². The Morgan fingerprint density at radius 1 is 1.24 bits per heavy atom. The molecule has 0 radical (unpaired) electrons. The van der Waals surface area contributed by atoms with Crippen LogP contribution in [0.5, 0.6) is 0 Å². The van der Waals surface area contributed by atoms with Crippen LogP contribution in [0.4, 0.5) is 17.1 Å². The number of nitrogens with zero attached hydrogens (tertiary/aromatic N) is 2. The minimum Gasteiger partial charge on any atom is -0.477 e. The number of hydrogen-bond donors (Lipinski definition) is 5. The summed E-state index contributed by atoms with van der Waals surface area (Å²) in [6.45, 7) is 0.498. The summed E-state index contributed by atoms with van der Waals surface area (Å²) in [4.78, 5) is 64.3. The lowest BCUT2D eigenvalue weighted by molar-refractivity contribution is 0.0591. The van der Waals surface area contributed by atoms with E-state index < -0.39 is 28.5 Å². The number of benzene rings is 1. The van der Waals surface area contributed by atoms with Gasteiger partial charge in [-0.25, -0.2) is 28.6 Å². The van der Waals surface area contributed by atoms with Crippen LogP contribution >= 0.6 is 11.8 Å². The molecule has 0 bridgehead atoms. The number of ether oxygens (including phenoxy) is 1. The fourth-order valence-electron chi connectivity index (χ4n) is 2.90. The predicted molar refractivity (Wildman–Crippen MR) is 122 cm³/mol. The van der Waals surface area contributed by atoms with Crippen LogP contribution in [0.1, 0.15) is 26.5 Å². The molecule has 13 nitrogen and oxygen atoms in total. The average Bonchev–Trinajstić information content (AvgIpc) is 3.22. The standard InChI is InChI=1S/C11H10ClN3O2.C9H7N3O5/c12-14-5-6-2-1-3-7(4-6)15-9-8(13)10(16)11(9)17;1-17-8(15)5-2-4(7(13)14)11-6-3-10-9(16)12(5)6/h1-4,14-15H,5,13H2;2-3H,1H3,(H,10,16)(H,13,14). The topological polar surface area (TPSA) is 198 Å². The first kappa shape index (κ1) is 24.2. The number of halogens is 1. The zero-order valence-corrected chi connectivity index (χ0v) is 18.2. The lowest BCUT2D eigenvalue weighted by Crippen LogP contribution is -2.36. The number of carbonyl (C=O) groups excluding carboxylic acids is 1. The highest BCUT2D eigenvalue weighted by Gasteiger charge is 2.19. The Bertz CT molecular complexity index is 1520. The van der Waals surface area contributed by atoms with E-state index in [1.807, 2.05) is 18.2 Å². The van der Waals surface area contributed by atoms with Gasteiger partial charge in [0, 0.05) is 24.5 Å². The van der Waals surface area contributed by atoms with Gasteiger partial charge in [0.2, 0.25) is 0 Å². The van der Waals surface area contributed by atoms with Gasteiger partial charge in [-0.2, -0.15) is 0 Å². The monoisotopic (exact) mass is 488 g/mol. The number of nitrogen functional groups attached to an aromatic ring is 1. The van der Waals surface area contributed by atoms with E-state index in [9.17, 15) is 24.0 Å². The zero-order chi connectivity index (χ0) is 25.0. The van der Waals surface area contributed by atoms with Gasteiger partial charge in [-0.3, -0.25) is 9.59 Å². The van der Waals surface area contributed by atoms with Crippen molar-refractivity contribution >= 4 is 46.4 Å². The lowest BCUT2D eigenvalue weighted by Gasteiger charge is -2.10. The number of nitrogens with two attached hydrogens (primary N) is 1. The molecular weight excluding hydrogens is 472 g/mol. The fourth-order valence-corrected chi connectivity index (χ4v) is 3.06. The third-order valence-electron chi connectivity index (χ3n) is 4.53. The second kappa shape index (κ2) is 9.97. The summed E-state index contributed by atoms with van der Waals surface area (Å²) >= 11 is 5.40. The molecule has 2 aromatic carbocycles. The van der Waals surface area contributed by atoms with Gasteiger partial charge in [0.15, 0.2) is 11.3 Å². The summed E-state index contributed by atoms with van der Waals surface area (Å²) in [5.74, 6) is -2.12. The molecule has 0 fully saturated rings. The number of carboxylic acids is 1. The smallest absolute Gasteiger partial charge is 0.355 e. The molecule has 0 aliphatic rings. The SMILES string of the molecule is COC(=O)c1cc(C(=O)O)nc2c[nH]c(=O)n12.Nc1c(Nc2cccc(CNCl)c2)c(=O)c1=O. The molecule has 0 atom stereocenters. The number of carbonyl (C=O) groups is 2. The molecule has 0 unspecified atom stereocenters. The molecule has 34 heavy (non-hydrogen) atoms. The Kier molecular flexibility index (Phi) is 7.09. The summed E-state index contributed by atoms with van der Waals surface area (Å²) in [7, 11) is 1.13. The first-order valence-electron chi connectivity index (χ1n) is 9.39. The number of anilines is 3. The van der Waals surface area contributed by atoms with E-state index in [2.05, 4.69) is 24.9 Å². The quantitative estimate of drug-likeness (QED) is 0.142. The summed E-state index contributed by atoms with van der Waals surface area (Å²) in [5.41, 5.74) is 4.88. The number of aromatic carboxylic acids is 1. The second-order valence-corrected chi connectivity index (χ2v) is 6.96. The molecule has 4 aromatic rings. The Hall–Kier alpha value is -4.49. The summed E-state index contributed by atoms with van der Waals surface area (Å²) in [6.07, 6.45) is 1.21. The van der Waals surface area contributed by atoms with Crippen molar-refractivity contribution in [2.45, 2.75) is 6.54 Å². The van der Waals surface area contributed by atoms with E-state index in [0.717, 1.165) is 23.1 Å². The number of fused-ring (bicyclic) bond motifs is 1. The van der Waals surface area contributed by atoms with E-state index in [1.165, 1.54) is 6.20 Å². The minimum absolute atomic E-state index is 0.0177. The Morgan fingerprint density at radius 3 is 2.59 bits per heavy atom. The van der Waals surface area contributed by atoms with Crippen molar-refractivity contribution in [3.05, 3.63) is 84.4 Å². The normalized spacial score (nSPS) is 10.5. The van der Waals surface area contributed by atoms with Crippen molar-refractivity contribution in [3.63, 3.8) is 0 Å². The van der Waals surface area contributed by atoms with Gasteiger partial charge in [-0.1, -0.05) is 12.1 Å². The average molecular weight is 489 g/mol. The van der Waals surface area contributed by atoms with Gasteiger partial charge in [0.1, 0.15) is 17.1 Å². The lowest BCUT2D eigenvalue weighted by atomic mass is 10.1. The van der Waals surface area contributed by atoms with Gasteiger partial charge in [-0.15, -0.1) is 0 Å². The number of imidazole rings is 1. The number of methoxy groups -OCH3 is 1. The minimum atomic E-state index is -1.30. The van der Waals surface area contributed by atoms with E-state index in [1.54, 1.807) is 6.07 Å². The molecule has 2 aromatic heterocycles. The Balaban J connectivity index is 0.000000191. The van der Waals surface area contributed by atoms with Crippen molar-refractivity contribution in [2.75, 3.05) is 18.2 Å². The molecular formula is C20H17ClN6O7. The molecule has 0 amide bonds. The molecule has 0 saturated heterocycles. The van der Waals surface area contributed by atoms with E-state index in [-0.39, 0.29) is 28.4 Å². The van der Waals surface area contributed by atoms with Crippen molar-refractivity contribution < 1.29 is 19.4 Å². The summed E-state index contributed by atoms with van der Waals surface area (Å²) in [6, 6.07) is 8.26. The number of aromatic amines is 1. The zero-order valence-electron chi connectivity index (χ0n) is 17.4. The van der Waals surface area contributed by atoms with E-state index in [4.69, 9.17) is 22.6 Å². The third kappa shape index (κ3) is 4.79. The molecule has 0 saturated carbocycles. The largest absolute Gasteiger partial charge is 0.477 e. The van der Waals surface area contributed by atoms with Gasteiger partial charge < -0.3 is 25.9 Å². The number of H-pyrrole nitrogens is 1. The highest BCUT2D eigenvalue weighted by molar-refractivity contribution is 6.13. The highest BCUT2D eigenvalue weighted by Crippen LogP contribution is 2.19. The molecule has 4 rings (SSSR count).